The average molecular weight is 353 g/mol. The van der Waals surface area contributed by atoms with E-state index in [2.05, 4.69) is 71.3 Å². The molecule has 3 nitrogen and oxygen atoms in total. The molecule has 1 heterocycles. The lowest BCUT2D eigenvalue weighted by molar-refractivity contribution is -0.113. The maximum absolute atomic E-state index is 11.3. The van der Waals surface area contributed by atoms with Crippen LogP contribution >= 0.6 is 27.3 Å². The first-order chi connectivity index (χ1) is 9.40. The topological polar surface area (TPSA) is 42.0 Å². The molecule has 1 amide bonds. The third-order valence-electron chi connectivity index (χ3n) is 2.92. The summed E-state index contributed by atoms with van der Waals surface area (Å²) < 4.78 is 0. The fraction of sp³-hybridized carbons (Fsp3) is 0.333. The number of alkyl halides is 1. The maximum atomic E-state index is 11.3. The van der Waals surface area contributed by atoms with Gasteiger partial charge in [0.25, 0.3) is 0 Å². The van der Waals surface area contributed by atoms with Crippen LogP contribution in [-0.4, -0.2) is 16.2 Å². The summed E-state index contributed by atoms with van der Waals surface area (Å²) >= 11 is 4.55. The molecule has 20 heavy (non-hydrogen) atoms. The van der Waals surface area contributed by atoms with Crippen molar-refractivity contribution in [2.24, 2.45) is 0 Å². The molecule has 0 saturated heterocycles. The van der Waals surface area contributed by atoms with Crippen molar-refractivity contribution in [3.05, 3.63) is 35.2 Å². The molecule has 0 aliphatic carbocycles. The zero-order chi connectivity index (χ0) is 14.8. The molecule has 5 heteroatoms. The van der Waals surface area contributed by atoms with Gasteiger partial charge in [-0.3, -0.25) is 4.79 Å². The maximum Gasteiger partial charge on any atom is 0.236 e. The SMILES string of the molecule is CC(C)(C)c1ccc(-c2csc(NC(=O)CBr)n2)cc1. The van der Waals surface area contributed by atoms with Gasteiger partial charge in [0.15, 0.2) is 5.13 Å². The first kappa shape index (κ1) is 15.2. The van der Waals surface area contributed by atoms with Crippen LogP contribution in [0.1, 0.15) is 26.3 Å². The molecular formula is C15H17BrN2OS. The Morgan fingerprint density at radius 2 is 1.95 bits per heavy atom. The van der Waals surface area contributed by atoms with Gasteiger partial charge in [0.1, 0.15) is 0 Å². The van der Waals surface area contributed by atoms with Gasteiger partial charge in [0.05, 0.1) is 11.0 Å². The fourth-order valence-corrected chi connectivity index (χ4v) is 2.63. The first-order valence-corrected chi connectivity index (χ1v) is 8.32. The van der Waals surface area contributed by atoms with Gasteiger partial charge in [0, 0.05) is 10.9 Å². The predicted octanol–water partition coefficient (Wildman–Crippen LogP) is 4.44. The van der Waals surface area contributed by atoms with E-state index in [-0.39, 0.29) is 16.7 Å². The van der Waals surface area contributed by atoms with Gasteiger partial charge >= 0.3 is 0 Å². The third-order valence-corrected chi connectivity index (χ3v) is 4.19. The van der Waals surface area contributed by atoms with E-state index in [0.29, 0.717) is 5.13 Å². The molecule has 0 unspecified atom stereocenters. The molecule has 1 aromatic carbocycles. The van der Waals surface area contributed by atoms with E-state index in [1.807, 2.05) is 5.38 Å². The molecule has 0 saturated carbocycles. The first-order valence-electron chi connectivity index (χ1n) is 6.32. The van der Waals surface area contributed by atoms with Crippen molar-refractivity contribution >= 4 is 38.3 Å². The summed E-state index contributed by atoms with van der Waals surface area (Å²) in [6.07, 6.45) is 0. The summed E-state index contributed by atoms with van der Waals surface area (Å²) in [7, 11) is 0. The standard InChI is InChI=1S/C15H17BrN2OS/c1-15(2,3)11-6-4-10(5-7-11)12-9-20-14(17-12)18-13(19)8-16/h4-7,9H,8H2,1-3H3,(H,17,18,19). The molecule has 0 atom stereocenters. The van der Waals surface area contributed by atoms with E-state index >= 15 is 0 Å². The van der Waals surface area contributed by atoms with Crippen LogP contribution in [-0.2, 0) is 10.2 Å². The Morgan fingerprint density at radius 1 is 1.30 bits per heavy atom. The van der Waals surface area contributed by atoms with Gasteiger partial charge < -0.3 is 5.32 Å². The number of thiazole rings is 1. The molecule has 2 aromatic rings. The molecule has 1 aromatic heterocycles. The largest absolute Gasteiger partial charge is 0.301 e. The Morgan fingerprint density at radius 3 is 2.50 bits per heavy atom. The molecular weight excluding hydrogens is 336 g/mol. The van der Waals surface area contributed by atoms with Crippen LogP contribution in [0.25, 0.3) is 11.3 Å². The molecule has 0 aliphatic rings. The average Bonchev–Trinajstić information content (AvgIpc) is 2.86. The summed E-state index contributed by atoms with van der Waals surface area (Å²) in [5.41, 5.74) is 3.40. The number of nitrogens with zero attached hydrogens (tertiary/aromatic N) is 1. The van der Waals surface area contributed by atoms with Crippen molar-refractivity contribution in [3.8, 4) is 11.3 Å². The predicted molar refractivity (Wildman–Crippen MR) is 88.7 cm³/mol. The minimum atomic E-state index is -0.0889. The summed E-state index contributed by atoms with van der Waals surface area (Å²) in [5.74, 6) is -0.0889. The molecule has 2 rings (SSSR count). The van der Waals surface area contributed by atoms with Crippen LogP contribution < -0.4 is 5.32 Å². The highest BCUT2D eigenvalue weighted by Crippen LogP contribution is 2.28. The van der Waals surface area contributed by atoms with E-state index < -0.39 is 0 Å². The monoisotopic (exact) mass is 352 g/mol. The number of carbonyl (C=O) groups excluding carboxylic acids is 1. The van der Waals surface area contributed by atoms with Crippen molar-refractivity contribution in [2.45, 2.75) is 26.2 Å². The number of anilines is 1. The summed E-state index contributed by atoms with van der Waals surface area (Å²) in [4.78, 5) is 15.7. The zero-order valence-corrected chi connectivity index (χ0v) is 14.1. The van der Waals surface area contributed by atoms with Crippen LogP contribution in [0.4, 0.5) is 5.13 Å². The van der Waals surface area contributed by atoms with Crippen LogP contribution in [0.15, 0.2) is 29.6 Å². The van der Waals surface area contributed by atoms with E-state index in [1.54, 1.807) is 0 Å². The lowest BCUT2D eigenvalue weighted by Crippen LogP contribution is -2.11. The second-order valence-corrected chi connectivity index (χ2v) is 6.97. The smallest absolute Gasteiger partial charge is 0.236 e. The van der Waals surface area contributed by atoms with Crippen molar-refractivity contribution in [1.29, 1.82) is 0 Å². The van der Waals surface area contributed by atoms with E-state index in [1.165, 1.54) is 16.9 Å². The number of benzene rings is 1. The molecule has 106 valence electrons. The number of amides is 1. The van der Waals surface area contributed by atoms with Crippen LogP contribution in [0.2, 0.25) is 0 Å². The molecule has 0 spiro atoms. The van der Waals surface area contributed by atoms with Gasteiger partial charge in [-0.1, -0.05) is 61.0 Å². The fourth-order valence-electron chi connectivity index (χ4n) is 1.76. The van der Waals surface area contributed by atoms with E-state index in [9.17, 15) is 4.79 Å². The van der Waals surface area contributed by atoms with Crippen molar-refractivity contribution in [2.75, 3.05) is 10.6 Å². The van der Waals surface area contributed by atoms with Gasteiger partial charge in [-0.15, -0.1) is 11.3 Å². The lowest BCUT2D eigenvalue weighted by Gasteiger charge is -2.18. The minimum Gasteiger partial charge on any atom is -0.301 e. The van der Waals surface area contributed by atoms with Crippen molar-refractivity contribution < 1.29 is 4.79 Å². The quantitative estimate of drug-likeness (QED) is 0.829. The number of aromatic nitrogens is 1. The van der Waals surface area contributed by atoms with E-state index in [4.69, 9.17) is 0 Å². The van der Waals surface area contributed by atoms with Crippen LogP contribution in [0.3, 0.4) is 0 Å². The van der Waals surface area contributed by atoms with Crippen LogP contribution in [0.5, 0.6) is 0 Å². The Bertz CT molecular complexity index is 599. The summed E-state index contributed by atoms with van der Waals surface area (Å²) in [6.45, 7) is 6.58. The molecule has 1 N–H and O–H groups in total. The molecule has 0 fully saturated rings. The normalized spacial score (nSPS) is 11.4. The summed E-state index contributed by atoms with van der Waals surface area (Å²) in [6, 6.07) is 8.41. The highest BCUT2D eigenvalue weighted by atomic mass is 79.9. The number of nitrogens with one attached hydrogen (secondary N) is 1. The summed E-state index contributed by atoms with van der Waals surface area (Å²) in [5, 5.41) is 5.60. The number of carbonyl (C=O) groups is 1. The number of hydrogen-bond donors (Lipinski definition) is 1. The zero-order valence-electron chi connectivity index (χ0n) is 11.7. The van der Waals surface area contributed by atoms with Gasteiger partial charge in [0.2, 0.25) is 5.91 Å². The number of rotatable bonds is 3. The van der Waals surface area contributed by atoms with Crippen molar-refractivity contribution in [3.63, 3.8) is 0 Å². The molecule has 0 radical (unpaired) electrons. The van der Waals surface area contributed by atoms with Gasteiger partial charge in [-0.2, -0.15) is 0 Å². The van der Waals surface area contributed by atoms with Crippen molar-refractivity contribution in [1.82, 2.24) is 4.98 Å². The van der Waals surface area contributed by atoms with Gasteiger partial charge in [-0.05, 0) is 11.0 Å². The molecule has 0 bridgehead atoms. The number of hydrogen-bond acceptors (Lipinski definition) is 3. The highest BCUT2D eigenvalue weighted by Gasteiger charge is 2.13. The molecule has 0 aliphatic heterocycles. The Hall–Kier alpha value is -1.20. The Balaban J connectivity index is 2.18. The van der Waals surface area contributed by atoms with E-state index in [0.717, 1.165) is 11.3 Å². The minimum absolute atomic E-state index is 0.0889. The van der Waals surface area contributed by atoms with Gasteiger partial charge in [-0.25, -0.2) is 4.98 Å². The van der Waals surface area contributed by atoms with Crippen LogP contribution in [0, 0.1) is 0 Å². The third kappa shape index (κ3) is 3.67. The second-order valence-electron chi connectivity index (χ2n) is 5.55. The second kappa shape index (κ2) is 6.06. The highest BCUT2D eigenvalue weighted by molar-refractivity contribution is 9.09. The number of halogens is 1. The Labute approximate surface area is 131 Å². The lowest BCUT2D eigenvalue weighted by atomic mass is 9.86. The Kier molecular flexibility index (Phi) is 4.60.